The van der Waals surface area contributed by atoms with E-state index in [-0.39, 0.29) is 5.97 Å². The molecule has 18 heavy (non-hydrogen) atoms. The minimum Gasteiger partial charge on any atom is -0.465 e. The maximum absolute atomic E-state index is 11.6. The molecule has 98 valence electrons. The Kier molecular flexibility index (Phi) is 5.58. The maximum Gasteiger partial charge on any atom is 0.339 e. The van der Waals surface area contributed by atoms with Crippen molar-refractivity contribution in [2.24, 2.45) is 0 Å². The van der Waals surface area contributed by atoms with Crippen LogP contribution in [0.1, 0.15) is 24.2 Å². The number of carbonyl (C=O) groups excluding carboxylic acids is 1. The van der Waals surface area contributed by atoms with Crippen LogP contribution in [-0.4, -0.2) is 36.2 Å². The van der Waals surface area contributed by atoms with Gasteiger partial charge in [-0.15, -0.1) is 0 Å². The fourth-order valence-corrected chi connectivity index (χ4v) is 1.95. The fraction of sp³-hybridized carbons (Fsp3) is 0.385. The predicted molar refractivity (Wildman–Crippen MR) is 76.9 cm³/mol. The van der Waals surface area contributed by atoms with Crippen LogP contribution in [0, 0.1) is 0 Å². The molecular weight excluding hydrogens is 248 g/mol. The number of thiocarbonyl (C=S) groups is 1. The molecule has 0 saturated heterocycles. The molecule has 0 bridgehead atoms. The standard InChI is InChI=1S/C13H18N2O2S/c1-4-15(5-2)13(18)14-11-9-7-6-8-10(11)12(16)17-3/h6-9H,4-5H2,1-3H3,(H,14,18). The number of methoxy groups -OCH3 is 1. The highest BCUT2D eigenvalue weighted by atomic mass is 32.1. The average molecular weight is 266 g/mol. The van der Waals surface area contributed by atoms with Gasteiger partial charge >= 0.3 is 5.97 Å². The van der Waals surface area contributed by atoms with Crippen molar-refractivity contribution >= 4 is 29.0 Å². The number of carbonyl (C=O) groups is 1. The first-order valence-corrected chi connectivity index (χ1v) is 6.28. The van der Waals surface area contributed by atoms with Crippen molar-refractivity contribution < 1.29 is 9.53 Å². The van der Waals surface area contributed by atoms with Crippen LogP contribution in [0.4, 0.5) is 5.69 Å². The number of rotatable bonds is 4. The van der Waals surface area contributed by atoms with Gasteiger partial charge in [0, 0.05) is 13.1 Å². The van der Waals surface area contributed by atoms with Crippen LogP contribution in [0.2, 0.25) is 0 Å². The van der Waals surface area contributed by atoms with Crippen molar-refractivity contribution in [3.8, 4) is 0 Å². The van der Waals surface area contributed by atoms with Gasteiger partial charge in [0.25, 0.3) is 0 Å². The Morgan fingerprint density at radius 1 is 1.33 bits per heavy atom. The lowest BCUT2D eigenvalue weighted by atomic mass is 10.2. The molecule has 0 heterocycles. The maximum atomic E-state index is 11.6. The highest BCUT2D eigenvalue weighted by Crippen LogP contribution is 2.16. The van der Waals surface area contributed by atoms with Crippen molar-refractivity contribution in [1.82, 2.24) is 4.90 Å². The van der Waals surface area contributed by atoms with Gasteiger partial charge in [0.05, 0.1) is 18.4 Å². The minimum atomic E-state index is -0.375. The van der Waals surface area contributed by atoms with Gasteiger partial charge < -0.3 is 15.0 Å². The van der Waals surface area contributed by atoms with E-state index in [1.807, 2.05) is 30.9 Å². The van der Waals surface area contributed by atoms with Crippen molar-refractivity contribution in [3.63, 3.8) is 0 Å². The van der Waals surface area contributed by atoms with Gasteiger partial charge in [-0.1, -0.05) is 12.1 Å². The lowest BCUT2D eigenvalue weighted by molar-refractivity contribution is 0.0602. The lowest BCUT2D eigenvalue weighted by Gasteiger charge is -2.23. The Balaban J connectivity index is 2.90. The zero-order chi connectivity index (χ0) is 13.5. The van der Waals surface area contributed by atoms with Crippen molar-refractivity contribution in [2.75, 3.05) is 25.5 Å². The molecule has 0 fully saturated rings. The number of anilines is 1. The molecule has 1 N–H and O–H groups in total. The van der Waals surface area contributed by atoms with Gasteiger partial charge in [-0.3, -0.25) is 0 Å². The fourth-order valence-electron chi connectivity index (χ4n) is 1.59. The average Bonchev–Trinajstić information content (AvgIpc) is 2.40. The third-order valence-corrected chi connectivity index (χ3v) is 2.98. The number of nitrogens with one attached hydrogen (secondary N) is 1. The summed E-state index contributed by atoms with van der Waals surface area (Å²) in [5.74, 6) is -0.375. The monoisotopic (exact) mass is 266 g/mol. The van der Waals surface area contributed by atoms with E-state index in [4.69, 9.17) is 17.0 Å². The predicted octanol–water partition coefficient (Wildman–Crippen LogP) is 2.51. The van der Waals surface area contributed by atoms with Gasteiger partial charge in [0.1, 0.15) is 0 Å². The molecule has 0 aliphatic carbocycles. The van der Waals surface area contributed by atoms with Crippen molar-refractivity contribution in [3.05, 3.63) is 29.8 Å². The van der Waals surface area contributed by atoms with Gasteiger partial charge in [-0.2, -0.15) is 0 Å². The highest BCUT2D eigenvalue weighted by Gasteiger charge is 2.13. The van der Waals surface area contributed by atoms with E-state index < -0.39 is 0 Å². The highest BCUT2D eigenvalue weighted by molar-refractivity contribution is 7.80. The molecule has 0 unspecified atom stereocenters. The molecule has 0 amide bonds. The van der Waals surface area contributed by atoms with Crippen LogP contribution in [0.3, 0.4) is 0 Å². The number of esters is 1. The van der Waals surface area contributed by atoms with E-state index in [0.29, 0.717) is 16.4 Å². The normalized spacial score (nSPS) is 9.72. The van der Waals surface area contributed by atoms with E-state index in [1.165, 1.54) is 7.11 Å². The lowest BCUT2D eigenvalue weighted by Crippen LogP contribution is -2.34. The number of nitrogens with zero attached hydrogens (tertiary/aromatic N) is 1. The SMILES string of the molecule is CCN(CC)C(=S)Nc1ccccc1C(=O)OC. The molecule has 1 aromatic rings. The molecule has 0 spiro atoms. The zero-order valence-corrected chi connectivity index (χ0v) is 11.7. The number of hydrogen-bond donors (Lipinski definition) is 1. The zero-order valence-electron chi connectivity index (χ0n) is 10.9. The molecule has 0 aromatic heterocycles. The minimum absolute atomic E-state index is 0.375. The Labute approximate surface area is 113 Å². The van der Waals surface area contributed by atoms with E-state index in [9.17, 15) is 4.79 Å². The molecule has 1 rings (SSSR count). The second-order valence-corrected chi connectivity index (χ2v) is 4.03. The quantitative estimate of drug-likeness (QED) is 0.670. The summed E-state index contributed by atoms with van der Waals surface area (Å²) in [6, 6.07) is 7.15. The van der Waals surface area contributed by atoms with Crippen LogP contribution in [0.15, 0.2) is 24.3 Å². The summed E-state index contributed by atoms with van der Waals surface area (Å²) in [5.41, 5.74) is 1.15. The van der Waals surface area contributed by atoms with Crippen molar-refractivity contribution in [2.45, 2.75) is 13.8 Å². The summed E-state index contributed by atoms with van der Waals surface area (Å²) in [7, 11) is 1.36. The Morgan fingerprint density at radius 3 is 2.50 bits per heavy atom. The van der Waals surface area contributed by atoms with E-state index in [1.54, 1.807) is 12.1 Å². The molecule has 4 nitrogen and oxygen atoms in total. The Hall–Kier alpha value is -1.62. The summed E-state index contributed by atoms with van der Waals surface area (Å²) in [6.45, 7) is 5.71. The number of ether oxygens (including phenoxy) is 1. The van der Waals surface area contributed by atoms with Crippen LogP contribution in [0.5, 0.6) is 0 Å². The number of hydrogen-bond acceptors (Lipinski definition) is 3. The topological polar surface area (TPSA) is 41.6 Å². The molecule has 0 radical (unpaired) electrons. The largest absolute Gasteiger partial charge is 0.465 e. The van der Waals surface area contributed by atoms with E-state index in [2.05, 4.69) is 5.32 Å². The first-order chi connectivity index (χ1) is 8.63. The van der Waals surface area contributed by atoms with Gasteiger partial charge in [-0.05, 0) is 38.2 Å². The van der Waals surface area contributed by atoms with Gasteiger partial charge in [0.15, 0.2) is 5.11 Å². The first-order valence-electron chi connectivity index (χ1n) is 5.87. The summed E-state index contributed by atoms with van der Waals surface area (Å²) in [6.07, 6.45) is 0. The van der Waals surface area contributed by atoms with Crippen LogP contribution in [0.25, 0.3) is 0 Å². The van der Waals surface area contributed by atoms with Crippen molar-refractivity contribution in [1.29, 1.82) is 0 Å². The molecule has 0 saturated carbocycles. The second kappa shape index (κ2) is 6.96. The second-order valence-electron chi connectivity index (χ2n) is 3.64. The molecule has 5 heteroatoms. The van der Waals surface area contributed by atoms with Gasteiger partial charge in [-0.25, -0.2) is 4.79 Å². The van der Waals surface area contributed by atoms with E-state index >= 15 is 0 Å². The molecular formula is C13H18N2O2S. The molecule has 0 aliphatic rings. The van der Waals surface area contributed by atoms with Crippen LogP contribution < -0.4 is 5.32 Å². The third kappa shape index (κ3) is 3.43. The molecule has 1 aromatic carbocycles. The number of para-hydroxylation sites is 1. The van der Waals surface area contributed by atoms with Crippen LogP contribution in [-0.2, 0) is 4.74 Å². The summed E-state index contributed by atoms with van der Waals surface area (Å²) in [4.78, 5) is 13.6. The van der Waals surface area contributed by atoms with Gasteiger partial charge in [0.2, 0.25) is 0 Å². The first kappa shape index (κ1) is 14.4. The van der Waals surface area contributed by atoms with Crippen LogP contribution >= 0.6 is 12.2 Å². The smallest absolute Gasteiger partial charge is 0.339 e. The molecule has 0 aliphatic heterocycles. The Morgan fingerprint density at radius 2 is 1.94 bits per heavy atom. The summed E-state index contributed by atoms with van der Waals surface area (Å²) < 4.78 is 4.74. The summed E-state index contributed by atoms with van der Waals surface area (Å²) in [5, 5.41) is 3.69. The third-order valence-electron chi connectivity index (χ3n) is 2.62. The molecule has 0 atom stereocenters. The summed E-state index contributed by atoms with van der Waals surface area (Å²) >= 11 is 5.30. The Bertz CT molecular complexity index is 431. The van der Waals surface area contributed by atoms with E-state index in [0.717, 1.165) is 13.1 Å². The number of benzene rings is 1.